The van der Waals surface area contributed by atoms with Crippen LogP contribution in [0.5, 0.6) is 0 Å². The Kier molecular flexibility index (Phi) is 4.76. The van der Waals surface area contributed by atoms with Gasteiger partial charge in [-0.25, -0.2) is 0 Å². The van der Waals surface area contributed by atoms with Gasteiger partial charge in [-0.3, -0.25) is 9.69 Å². The van der Waals surface area contributed by atoms with Gasteiger partial charge < -0.3 is 15.2 Å². The maximum atomic E-state index is 12.5. The first-order valence-electron chi connectivity index (χ1n) is 8.03. The van der Waals surface area contributed by atoms with Gasteiger partial charge in [0.15, 0.2) is 0 Å². The molecule has 1 aliphatic heterocycles. The molecule has 0 spiro atoms. The molecule has 22 heavy (non-hydrogen) atoms. The van der Waals surface area contributed by atoms with Crippen molar-refractivity contribution >= 4 is 5.91 Å². The van der Waals surface area contributed by atoms with E-state index in [-0.39, 0.29) is 11.3 Å². The van der Waals surface area contributed by atoms with Crippen molar-refractivity contribution in [1.29, 1.82) is 0 Å². The smallest absolute Gasteiger partial charge is 0.230 e. The minimum atomic E-state index is -0.534. The number of benzene rings is 1. The van der Waals surface area contributed by atoms with Gasteiger partial charge in [-0.2, -0.15) is 0 Å². The van der Waals surface area contributed by atoms with Crippen LogP contribution in [0.2, 0.25) is 0 Å². The number of hydrogen-bond donors (Lipinski definition) is 2. The number of nitrogens with zero attached hydrogens (tertiary/aromatic N) is 1. The van der Waals surface area contributed by atoms with Gasteiger partial charge in [-0.05, 0) is 18.4 Å². The third kappa shape index (κ3) is 3.48. The average molecular weight is 304 g/mol. The molecule has 2 aliphatic rings. The Bertz CT molecular complexity index is 496. The van der Waals surface area contributed by atoms with Gasteiger partial charge >= 0.3 is 0 Å². The number of carbonyl (C=O) groups excluding carboxylic acids is 1. The number of amides is 1. The lowest BCUT2D eigenvalue weighted by Crippen LogP contribution is -2.46. The van der Waals surface area contributed by atoms with Gasteiger partial charge in [0.2, 0.25) is 5.91 Å². The van der Waals surface area contributed by atoms with Crippen LogP contribution in [0.1, 0.15) is 18.4 Å². The summed E-state index contributed by atoms with van der Waals surface area (Å²) in [5.41, 5.74) is 0.718. The summed E-state index contributed by atoms with van der Waals surface area (Å²) in [5.74, 6) is 0.0414. The first-order chi connectivity index (χ1) is 10.7. The monoisotopic (exact) mass is 304 g/mol. The van der Waals surface area contributed by atoms with Crippen molar-refractivity contribution < 1.29 is 14.6 Å². The van der Waals surface area contributed by atoms with Crippen LogP contribution in [0.15, 0.2) is 30.3 Å². The molecule has 1 atom stereocenters. The lowest BCUT2D eigenvalue weighted by Gasteiger charge is -2.28. The molecule has 1 aliphatic carbocycles. The lowest BCUT2D eigenvalue weighted by atomic mass is 9.95. The predicted octanol–water partition coefficient (Wildman–Crippen LogP) is 0.528. The highest BCUT2D eigenvalue weighted by atomic mass is 16.5. The Morgan fingerprint density at radius 2 is 1.95 bits per heavy atom. The molecule has 0 bridgehead atoms. The Hall–Kier alpha value is -1.43. The Labute approximate surface area is 131 Å². The van der Waals surface area contributed by atoms with Crippen molar-refractivity contribution in [3.8, 4) is 0 Å². The normalized spacial score (nSPS) is 22.0. The predicted molar refractivity (Wildman–Crippen MR) is 83.6 cm³/mol. The standard InChI is InChI=1S/C17H24N2O3/c20-15(13-19-8-10-22-11-9-19)12-18-16(21)17(6-7-17)14-4-2-1-3-5-14/h1-5,15,20H,6-13H2,(H,18,21). The molecule has 2 N–H and O–H groups in total. The highest BCUT2D eigenvalue weighted by molar-refractivity contribution is 5.91. The molecule has 1 aromatic rings. The molecule has 1 aromatic carbocycles. The summed E-state index contributed by atoms with van der Waals surface area (Å²) in [4.78, 5) is 14.6. The lowest BCUT2D eigenvalue weighted by molar-refractivity contribution is -0.124. The first-order valence-corrected chi connectivity index (χ1v) is 8.03. The third-order valence-electron chi connectivity index (χ3n) is 4.58. The number of nitrogens with one attached hydrogen (secondary N) is 1. The highest BCUT2D eigenvalue weighted by Crippen LogP contribution is 2.48. The molecule has 1 saturated heterocycles. The van der Waals surface area contributed by atoms with Crippen LogP contribution in [0.3, 0.4) is 0 Å². The van der Waals surface area contributed by atoms with Crippen LogP contribution in [-0.4, -0.2) is 61.4 Å². The molecule has 1 heterocycles. The summed E-state index contributed by atoms with van der Waals surface area (Å²) in [6, 6.07) is 9.92. The van der Waals surface area contributed by atoms with Crippen LogP contribution in [-0.2, 0) is 14.9 Å². The fraction of sp³-hybridized carbons (Fsp3) is 0.588. The number of rotatable bonds is 6. The highest BCUT2D eigenvalue weighted by Gasteiger charge is 2.51. The number of morpholine rings is 1. The zero-order chi connectivity index (χ0) is 15.4. The largest absolute Gasteiger partial charge is 0.390 e. The van der Waals surface area contributed by atoms with E-state index < -0.39 is 6.10 Å². The molecule has 0 radical (unpaired) electrons. The molecule has 120 valence electrons. The van der Waals surface area contributed by atoms with Crippen LogP contribution in [0, 0.1) is 0 Å². The van der Waals surface area contributed by atoms with Crippen LogP contribution >= 0.6 is 0 Å². The van der Waals surface area contributed by atoms with E-state index in [1.807, 2.05) is 30.3 Å². The van der Waals surface area contributed by atoms with Crippen molar-refractivity contribution in [3.63, 3.8) is 0 Å². The van der Waals surface area contributed by atoms with Gasteiger partial charge in [0.25, 0.3) is 0 Å². The van der Waals surface area contributed by atoms with E-state index >= 15 is 0 Å². The Morgan fingerprint density at radius 1 is 1.27 bits per heavy atom. The number of β-amino-alcohol motifs (C(OH)–C–C–N with tert-alkyl or cyclic N) is 1. The second-order valence-electron chi connectivity index (χ2n) is 6.22. The van der Waals surface area contributed by atoms with E-state index in [1.165, 1.54) is 0 Å². The van der Waals surface area contributed by atoms with E-state index in [1.54, 1.807) is 0 Å². The van der Waals surface area contributed by atoms with Gasteiger partial charge in [0, 0.05) is 26.2 Å². The topological polar surface area (TPSA) is 61.8 Å². The van der Waals surface area contributed by atoms with Crippen LogP contribution in [0.25, 0.3) is 0 Å². The second kappa shape index (κ2) is 6.77. The number of ether oxygens (including phenoxy) is 1. The number of aliphatic hydroxyl groups excluding tert-OH is 1. The SMILES string of the molecule is O=C(NCC(O)CN1CCOCC1)C1(c2ccccc2)CC1. The summed E-state index contributed by atoms with van der Waals surface area (Å²) >= 11 is 0. The molecule has 3 rings (SSSR count). The number of carbonyl (C=O) groups is 1. The molecule has 2 fully saturated rings. The molecule has 1 amide bonds. The molecule has 1 saturated carbocycles. The maximum Gasteiger partial charge on any atom is 0.230 e. The molecule has 5 nitrogen and oxygen atoms in total. The minimum absolute atomic E-state index is 0.0414. The van der Waals surface area contributed by atoms with E-state index in [9.17, 15) is 9.90 Å². The zero-order valence-corrected chi connectivity index (χ0v) is 12.8. The van der Waals surface area contributed by atoms with E-state index in [0.29, 0.717) is 13.1 Å². The minimum Gasteiger partial charge on any atom is -0.390 e. The number of aliphatic hydroxyl groups is 1. The van der Waals surface area contributed by atoms with Crippen molar-refractivity contribution in [1.82, 2.24) is 10.2 Å². The molecular weight excluding hydrogens is 280 g/mol. The first kappa shape index (κ1) is 15.5. The average Bonchev–Trinajstić information content (AvgIpc) is 3.36. The summed E-state index contributed by atoms with van der Waals surface area (Å²) in [6.07, 6.45) is 1.25. The Morgan fingerprint density at radius 3 is 2.59 bits per heavy atom. The summed E-state index contributed by atoms with van der Waals surface area (Å²) < 4.78 is 5.29. The van der Waals surface area contributed by atoms with Crippen LogP contribution in [0.4, 0.5) is 0 Å². The zero-order valence-electron chi connectivity index (χ0n) is 12.8. The summed E-state index contributed by atoms with van der Waals surface area (Å²) in [6.45, 7) is 4.02. The Balaban J connectivity index is 1.48. The summed E-state index contributed by atoms with van der Waals surface area (Å²) in [7, 11) is 0. The fourth-order valence-corrected chi connectivity index (χ4v) is 3.06. The molecule has 0 aromatic heterocycles. The van der Waals surface area contributed by atoms with Gasteiger partial charge in [-0.1, -0.05) is 30.3 Å². The van der Waals surface area contributed by atoms with E-state index in [4.69, 9.17) is 4.74 Å². The van der Waals surface area contributed by atoms with Gasteiger partial charge in [0.1, 0.15) is 0 Å². The van der Waals surface area contributed by atoms with Gasteiger partial charge in [0.05, 0.1) is 24.7 Å². The number of hydrogen-bond acceptors (Lipinski definition) is 4. The molecule has 5 heteroatoms. The second-order valence-corrected chi connectivity index (χ2v) is 6.22. The summed E-state index contributed by atoms with van der Waals surface area (Å²) in [5, 5.41) is 13.0. The fourth-order valence-electron chi connectivity index (χ4n) is 3.06. The molecule has 1 unspecified atom stereocenters. The van der Waals surface area contributed by atoms with Crippen molar-refractivity contribution in [2.75, 3.05) is 39.4 Å². The van der Waals surface area contributed by atoms with E-state index in [2.05, 4.69) is 10.2 Å². The van der Waals surface area contributed by atoms with Gasteiger partial charge in [-0.15, -0.1) is 0 Å². The van der Waals surface area contributed by atoms with Crippen molar-refractivity contribution in [2.45, 2.75) is 24.4 Å². The van der Waals surface area contributed by atoms with Crippen LogP contribution < -0.4 is 5.32 Å². The maximum absolute atomic E-state index is 12.5. The quantitative estimate of drug-likeness (QED) is 0.805. The van der Waals surface area contributed by atoms with Crippen molar-refractivity contribution in [3.05, 3.63) is 35.9 Å². The van der Waals surface area contributed by atoms with Crippen molar-refractivity contribution in [2.24, 2.45) is 0 Å². The van der Waals surface area contributed by atoms with E-state index in [0.717, 1.165) is 44.7 Å². The third-order valence-corrected chi connectivity index (χ3v) is 4.58. The molecular formula is C17H24N2O3.